The van der Waals surface area contributed by atoms with Crippen molar-refractivity contribution in [1.29, 1.82) is 5.26 Å². The van der Waals surface area contributed by atoms with Crippen molar-refractivity contribution in [3.8, 4) is 6.07 Å². The molecule has 0 aliphatic heterocycles. The lowest BCUT2D eigenvalue weighted by atomic mass is 10.3. The van der Waals surface area contributed by atoms with E-state index in [1.807, 2.05) is 12.1 Å². The fraction of sp³-hybridized carbons (Fsp3) is 0.400. The monoisotopic (exact) mass is 175 g/mol. The highest BCUT2D eigenvalue weighted by Gasteiger charge is 2.01. The van der Waals surface area contributed by atoms with Crippen molar-refractivity contribution >= 4 is 5.69 Å². The van der Waals surface area contributed by atoms with Crippen molar-refractivity contribution in [3.05, 3.63) is 24.5 Å². The molecule has 0 aromatic carbocycles. The molecule has 1 aromatic heterocycles. The van der Waals surface area contributed by atoms with Gasteiger partial charge < -0.3 is 4.90 Å². The number of anilines is 1. The zero-order chi connectivity index (χ0) is 9.52. The Hall–Kier alpha value is -1.56. The lowest BCUT2D eigenvalue weighted by Gasteiger charge is -2.21. The number of rotatable bonds is 4. The molecule has 0 spiro atoms. The predicted molar refractivity (Wildman–Crippen MR) is 52.4 cm³/mol. The van der Waals surface area contributed by atoms with Crippen LogP contribution in [0.1, 0.15) is 13.3 Å². The van der Waals surface area contributed by atoms with E-state index in [9.17, 15) is 0 Å². The molecule has 0 saturated heterocycles. The van der Waals surface area contributed by atoms with Crippen LogP contribution in [-0.2, 0) is 0 Å². The molecule has 0 bridgehead atoms. The van der Waals surface area contributed by atoms with Crippen LogP contribution in [0.25, 0.3) is 0 Å². The van der Waals surface area contributed by atoms with Gasteiger partial charge in [0.25, 0.3) is 0 Å². The van der Waals surface area contributed by atoms with Gasteiger partial charge in [-0.05, 0) is 19.1 Å². The Bertz CT molecular complexity index is 276. The Balaban J connectivity index is 2.63. The van der Waals surface area contributed by atoms with Gasteiger partial charge in [0.15, 0.2) is 0 Å². The van der Waals surface area contributed by atoms with Gasteiger partial charge in [0.1, 0.15) is 0 Å². The van der Waals surface area contributed by atoms with Crippen LogP contribution in [0, 0.1) is 11.3 Å². The highest BCUT2D eigenvalue weighted by Crippen LogP contribution is 2.11. The van der Waals surface area contributed by atoms with Gasteiger partial charge in [-0.2, -0.15) is 5.26 Å². The first-order valence-corrected chi connectivity index (χ1v) is 4.40. The Morgan fingerprint density at radius 2 is 2.15 bits per heavy atom. The minimum Gasteiger partial charge on any atom is -0.371 e. The number of nitrogens with zero attached hydrogens (tertiary/aromatic N) is 3. The normalized spacial score (nSPS) is 9.23. The lowest BCUT2D eigenvalue weighted by Crippen LogP contribution is -2.23. The third-order valence-electron chi connectivity index (χ3n) is 1.90. The third-order valence-corrected chi connectivity index (χ3v) is 1.90. The summed E-state index contributed by atoms with van der Waals surface area (Å²) in [6.07, 6.45) is 4.10. The first-order chi connectivity index (χ1) is 6.38. The Morgan fingerprint density at radius 3 is 2.69 bits per heavy atom. The van der Waals surface area contributed by atoms with Crippen molar-refractivity contribution in [2.24, 2.45) is 0 Å². The Morgan fingerprint density at radius 1 is 1.46 bits per heavy atom. The van der Waals surface area contributed by atoms with E-state index in [0.717, 1.165) is 18.8 Å². The summed E-state index contributed by atoms with van der Waals surface area (Å²) in [6, 6.07) is 6.06. The molecule has 1 heterocycles. The fourth-order valence-corrected chi connectivity index (χ4v) is 1.21. The Labute approximate surface area is 78.6 Å². The summed E-state index contributed by atoms with van der Waals surface area (Å²) in [5, 5.41) is 8.47. The van der Waals surface area contributed by atoms with E-state index in [1.165, 1.54) is 0 Å². The van der Waals surface area contributed by atoms with Gasteiger partial charge in [0.05, 0.1) is 12.5 Å². The smallest absolute Gasteiger partial charge is 0.0640 e. The molecule has 13 heavy (non-hydrogen) atoms. The largest absolute Gasteiger partial charge is 0.371 e. The van der Waals surface area contributed by atoms with E-state index < -0.39 is 0 Å². The second-order valence-corrected chi connectivity index (χ2v) is 2.69. The molecule has 0 N–H and O–H groups in total. The maximum atomic E-state index is 8.47. The summed E-state index contributed by atoms with van der Waals surface area (Å²) >= 11 is 0. The molecule has 0 saturated carbocycles. The first kappa shape index (κ1) is 9.53. The second kappa shape index (κ2) is 5.15. The van der Waals surface area contributed by atoms with E-state index in [1.54, 1.807) is 12.4 Å². The molecule has 0 radical (unpaired) electrons. The molecule has 3 heteroatoms. The maximum Gasteiger partial charge on any atom is 0.0640 e. The van der Waals surface area contributed by atoms with Gasteiger partial charge >= 0.3 is 0 Å². The zero-order valence-corrected chi connectivity index (χ0v) is 7.77. The molecule has 3 nitrogen and oxygen atoms in total. The minimum atomic E-state index is 0.566. The van der Waals surface area contributed by atoms with E-state index in [-0.39, 0.29) is 0 Å². The van der Waals surface area contributed by atoms with Crippen LogP contribution in [0.4, 0.5) is 5.69 Å². The second-order valence-electron chi connectivity index (χ2n) is 2.69. The number of hydrogen-bond donors (Lipinski definition) is 0. The van der Waals surface area contributed by atoms with E-state index in [4.69, 9.17) is 5.26 Å². The van der Waals surface area contributed by atoms with Crippen LogP contribution in [0.3, 0.4) is 0 Å². The lowest BCUT2D eigenvalue weighted by molar-refractivity contribution is 0.826. The number of hydrogen-bond acceptors (Lipinski definition) is 3. The summed E-state index contributed by atoms with van der Waals surface area (Å²) < 4.78 is 0. The highest BCUT2D eigenvalue weighted by atomic mass is 15.1. The molecule has 1 aromatic rings. The average molecular weight is 175 g/mol. The van der Waals surface area contributed by atoms with E-state index in [0.29, 0.717) is 6.42 Å². The molecule has 0 aliphatic carbocycles. The fourth-order valence-electron chi connectivity index (χ4n) is 1.21. The van der Waals surface area contributed by atoms with Crippen molar-refractivity contribution in [3.63, 3.8) is 0 Å². The molecule has 0 unspecified atom stereocenters. The highest BCUT2D eigenvalue weighted by molar-refractivity contribution is 5.44. The molecule has 0 atom stereocenters. The molecule has 68 valence electrons. The predicted octanol–water partition coefficient (Wildman–Crippen LogP) is 1.82. The maximum absolute atomic E-state index is 8.47. The van der Waals surface area contributed by atoms with Gasteiger partial charge in [-0.1, -0.05) is 0 Å². The first-order valence-electron chi connectivity index (χ1n) is 4.40. The van der Waals surface area contributed by atoms with Crippen LogP contribution in [-0.4, -0.2) is 18.1 Å². The molecule has 1 rings (SSSR count). The average Bonchev–Trinajstić information content (AvgIpc) is 2.21. The van der Waals surface area contributed by atoms with Crippen molar-refractivity contribution in [2.75, 3.05) is 18.0 Å². The summed E-state index contributed by atoms with van der Waals surface area (Å²) in [5.41, 5.74) is 1.13. The van der Waals surface area contributed by atoms with Crippen LogP contribution >= 0.6 is 0 Å². The quantitative estimate of drug-likeness (QED) is 0.700. The molecule has 0 amide bonds. The number of pyridine rings is 1. The Kier molecular flexibility index (Phi) is 3.77. The van der Waals surface area contributed by atoms with Crippen LogP contribution in [0.2, 0.25) is 0 Å². The van der Waals surface area contributed by atoms with Crippen molar-refractivity contribution < 1.29 is 0 Å². The number of aromatic nitrogens is 1. The van der Waals surface area contributed by atoms with E-state index >= 15 is 0 Å². The van der Waals surface area contributed by atoms with Crippen LogP contribution in [0.5, 0.6) is 0 Å². The zero-order valence-electron chi connectivity index (χ0n) is 7.77. The summed E-state index contributed by atoms with van der Waals surface area (Å²) in [5.74, 6) is 0. The molecular weight excluding hydrogens is 162 g/mol. The standard InChI is InChI=1S/C10H13N3/c1-2-13(9-3-6-11)10-4-7-12-8-5-10/h4-5,7-8H,2-3,9H2,1H3. The molecule has 0 fully saturated rings. The molecule has 0 aliphatic rings. The topological polar surface area (TPSA) is 39.9 Å². The van der Waals surface area contributed by atoms with Gasteiger partial charge in [-0.15, -0.1) is 0 Å². The summed E-state index contributed by atoms with van der Waals surface area (Å²) in [4.78, 5) is 6.11. The number of nitriles is 1. The third kappa shape index (κ3) is 2.75. The summed E-state index contributed by atoms with van der Waals surface area (Å²) in [6.45, 7) is 3.79. The van der Waals surface area contributed by atoms with Gasteiger partial charge in [-0.25, -0.2) is 0 Å². The summed E-state index contributed by atoms with van der Waals surface area (Å²) in [7, 11) is 0. The van der Waals surface area contributed by atoms with Crippen LogP contribution < -0.4 is 4.90 Å². The van der Waals surface area contributed by atoms with Gasteiger partial charge in [0.2, 0.25) is 0 Å². The van der Waals surface area contributed by atoms with Gasteiger partial charge in [-0.3, -0.25) is 4.98 Å². The minimum absolute atomic E-state index is 0.566. The van der Waals surface area contributed by atoms with Gasteiger partial charge in [0, 0.05) is 31.2 Å². The SMILES string of the molecule is CCN(CCC#N)c1ccncc1. The van der Waals surface area contributed by atoms with Crippen molar-refractivity contribution in [1.82, 2.24) is 4.98 Å². The van der Waals surface area contributed by atoms with Crippen molar-refractivity contribution in [2.45, 2.75) is 13.3 Å². The van der Waals surface area contributed by atoms with Crippen LogP contribution in [0.15, 0.2) is 24.5 Å². The molecular formula is C10H13N3. The van der Waals surface area contributed by atoms with E-state index in [2.05, 4.69) is 22.9 Å².